The van der Waals surface area contributed by atoms with Crippen LogP contribution in [-0.4, -0.2) is 9.97 Å². The highest BCUT2D eigenvalue weighted by atomic mass is 14.9. The molecule has 0 unspecified atom stereocenters. The van der Waals surface area contributed by atoms with E-state index < -0.39 is 0 Å². The van der Waals surface area contributed by atoms with Crippen LogP contribution in [0.5, 0.6) is 0 Å². The smallest absolute Gasteiger partial charge is 0.125 e. The van der Waals surface area contributed by atoms with Crippen LogP contribution in [0.4, 0.5) is 0 Å². The van der Waals surface area contributed by atoms with E-state index >= 15 is 0 Å². The Balaban J connectivity index is 2.30. The van der Waals surface area contributed by atoms with E-state index in [9.17, 15) is 0 Å². The third kappa shape index (κ3) is 0.970. The Labute approximate surface area is 82.7 Å². The highest BCUT2D eigenvalue weighted by Crippen LogP contribution is 2.33. The van der Waals surface area contributed by atoms with E-state index in [2.05, 4.69) is 34.2 Å². The minimum absolute atomic E-state index is 0.848. The van der Waals surface area contributed by atoms with Crippen LogP contribution in [0.1, 0.15) is 17.0 Å². The van der Waals surface area contributed by atoms with Crippen LogP contribution in [0.15, 0.2) is 30.5 Å². The van der Waals surface area contributed by atoms with Crippen LogP contribution in [0.25, 0.3) is 11.3 Å². The van der Waals surface area contributed by atoms with Crippen LogP contribution < -0.4 is 0 Å². The Morgan fingerprint density at radius 2 is 2.00 bits per heavy atom. The molecule has 2 heteroatoms. The SMILES string of the molecule is Cc1ncc2c(n1)-c1ccccc1C2. The predicted octanol–water partition coefficient (Wildman–Crippen LogP) is 2.36. The Hall–Kier alpha value is -1.70. The zero-order chi connectivity index (χ0) is 9.54. The van der Waals surface area contributed by atoms with Crippen molar-refractivity contribution < 1.29 is 0 Å². The van der Waals surface area contributed by atoms with Crippen LogP contribution in [-0.2, 0) is 6.42 Å². The maximum atomic E-state index is 4.48. The summed E-state index contributed by atoms with van der Waals surface area (Å²) < 4.78 is 0. The molecule has 0 saturated carbocycles. The van der Waals surface area contributed by atoms with Crippen LogP contribution >= 0.6 is 0 Å². The summed E-state index contributed by atoms with van der Waals surface area (Å²) in [7, 11) is 0. The highest BCUT2D eigenvalue weighted by molar-refractivity contribution is 5.72. The van der Waals surface area contributed by atoms with E-state index in [1.807, 2.05) is 13.1 Å². The van der Waals surface area contributed by atoms with E-state index in [0.717, 1.165) is 17.9 Å². The highest BCUT2D eigenvalue weighted by Gasteiger charge is 2.19. The second-order valence-corrected chi connectivity index (χ2v) is 3.62. The average Bonchev–Trinajstić information content (AvgIpc) is 2.56. The molecule has 0 aliphatic heterocycles. The van der Waals surface area contributed by atoms with Crippen molar-refractivity contribution in [3.8, 4) is 11.3 Å². The molecule has 2 nitrogen and oxygen atoms in total. The van der Waals surface area contributed by atoms with E-state index in [4.69, 9.17) is 0 Å². The molecule has 0 saturated heterocycles. The zero-order valence-electron chi connectivity index (χ0n) is 7.99. The fourth-order valence-corrected chi connectivity index (χ4v) is 1.97. The van der Waals surface area contributed by atoms with E-state index in [1.165, 1.54) is 16.7 Å². The number of hydrogen-bond acceptors (Lipinski definition) is 2. The molecule has 1 aromatic carbocycles. The van der Waals surface area contributed by atoms with Gasteiger partial charge in [-0.2, -0.15) is 0 Å². The van der Waals surface area contributed by atoms with Crippen molar-refractivity contribution in [3.63, 3.8) is 0 Å². The third-order valence-electron chi connectivity index (χ3n) is 2.64. The van der Waals surface area contributed by atoms with Gasteiger partial charge in [-0.15, -0.1) is 0 Å². The van der Waals surface area contributed by atoms with Gasteiger partial charge in [0, 0.05) is 23.7 Å². The quantitative estimate of drug-likeness (QED) is 0.533. The standard InChI is InChI=1S/C12H10N2/c1-8-13-7-10-6-9-4-2-3-5-11(9)12(10)14-8/h2-5,7H,6H2,1H3. The van der Waals surface area contributed by atoms with Gasteiger partial charge in [0.25, 0.3) is 0 Å². The van der Waals surface area contributed by atoms with Gasteiger partial charge in [-0.3, -0.25) is 0 Å². The molecule has 0 atom stereocenters. The van der Waals surface area contributed by atoms with Crippen LogP contribution in [0.2, 0.25) is 0 Å². The lowest BCUT2D eigenvalue weighted by Gasteiger charge is -1.99. The third-order valence-corrected chi connectivity index (χ3v) is 2.64. The van der Waals surface area contributed by atoms with Gasteiger partial charge in [0.2, 0.25) is 0 Å². The van der Waals surface area contributed by atoms with Crippen molar-refractivity contribution in [3.05, 3.63) is 47.4 Å². The topological polar surface area (TPSA) is 25.8 Å². The molecule has 1 aromatic heterocycles. The summed E-state index contributed by atoms with van der Waals surface area (Å²) >= 11 is 0. The molecule has 0 N–H and O–H groups in total. The Bertz CT molecular complexity index is 503. The second kappa shape index (κ2) is 2.64. The lowest BCUT2D eigenvalue weighted by atomic mass is 10.1. The summed E-state index contributed by atoms with van der Waals surface area (Å²) in [6.45, 7) is 1.93. The molecule has 3 rings (SSSR count). The molecule has 1 heterocycles. The van der Waals surface area contributed by atoms with Crippen molar-refractivity contribution in [1.29, 1.82) is 0 Å². The predicted molar refractivity (Wildman–Crippen MR) is 55.0 cm³/mol. The molecule has 2 aromatic rings. The zero-order valence-corrected chi connectivity index (χ0v) is 7.99. The van der Waals surface area contributed by atoms with Crippen molar-refractivity contribution in [1.82, 2.24) is 9.97 Å². The van der Waals surface area contributed by atoms with Gasteiger partial charge in [-0.1, -0.05) is 24.3 Å². The minimum atomic E-state index is 0.848. The van der Waals surface area contributed by atoms with E-state index in [-0.39, 0.29) is 0 Å². The first-order chi connectivity index (χ1) is 6.84. The summed E-state index contributed by atoms with van der Waals surface area (Å²) in [6, 6.07) is 8.43. The Morgan fingerprint density at radius 3 is 2.93 bits per heavy atom. The van der Waals surface area contributed by atoms with Gasteiger partial charge in [-0.05, 0) is 12.5 Å². The summed E-state index contributed by atoms with van der Waals surface area (Å²) in [5.74, 6) is 0.848. The first kappa shape index (κ1) is 7.68. The van der Waals surface area contributed by atoms with Crippen molar-refractivity contribution in [2.24, 2.45) is 0 Å². The van der Waals surface area contributed by atoms with Gasteiger partial charge < -0.3 is 0 Å². The molecular weight excluding hydrogens is 172 g/mol. The number of nitrogens with zero attached hydrogens (tertiary/aromatic N) is 2. The molecule has 68 valence electrons. The molecule has 1 aliphatic rings. The van der Waals surface area contributed by atoms with E-state index in [1.54, 1.807) is 0 Å². The van der Waals surface area contributed by atoms with Crippen LogP contribution in [0.3, 0.4) is 0 Å². The lowest BCUT2D eigenvalue weighted by Crippen LogP contribution is -1.91. The fraction of sp³-hybridized carbons (Fsp3) is 0.167. The Kier molecular flexibility index (Phi) is 1.45. The molecule has 0 fully saturated rings. The monoisotopic (exact) mass is 182 g/mol. The minimum Gasteiger partial charge on any atom is -0.241 e. The molecule has 0 radical (unpaired) electrons. The largest absolute Gasteiger partial charge is 0.241 e. The number of aryl methyl sites for hydroxylation is 1. The second-order valence-electron chi connectivity index (χ2n) is 3.62. The number of fused-ring (bicyclic) bond motifs is 3. The van der Waals surface area contributed by atoms with Gasteiger partial charge in [0.1, 0.15) is 5.82 Å². The number of aromatic nitrogens is 2. The first-order valence-electron chi connectivity index (χ1n) is 4.75. The van der Waals surface area contributed by atoms with E-state index in [0.29, 0.717) is 0 Å². The maximum Gasteiger partial charge on any atom is 0.125 e. The molecule has 0 amide bonds. The number of hydrogen-bond donors (Lipinski definition) is 0. The average molecular weight is 182 g/mol. The first-order valence-corrected chi connectivity index (χ1v) is 4.75. The summed E-state index contributed by atoms with van der Waals surface area (Å²) in [5.41, 5.74) is 5.00. The maximum absolute atomic E-state index is 4.48. The summed E-state index contributed by atoms with van der Waals surface area (Å²) in [6.07, 6.45) is 2.92. The molecule has 0 spiro atoms. The fourth-order valence-electron chi connectivity index (χ4n) is 1.97. The van der Waals surface area contributed by atoms with Crippen LogP contribution in [0, 0.1) is 6.92 Å². The lowest BCUT2D eigenvalue weighted by molar-refractivity contribution is 1.03. The number of benzene rings is 1. The van der Waals surface area contributed by atoms with Gasteiger partial charge in [-0.25, -0.2) is 9.97 Å². The number of rotatable bonds is 0. The van der Waals surface area contributed by atoms with Gasteiger partial charge in [0.15, 0.2) is 0 Å². The van der Waals surface area contributed by atoms with Crippen molar-refractivity contribution in [2.45, 2.75) is 13.3 Å². The normalized spacial score (nSPS) is 12.4. The van der Waals surface area contributed by atoms with Crippen molar-refractivity contribution in [2.75, 3.05) is 0 Å². The van der Waals surface area contributed by atoms with Gasteiger partial charge in [0.05, 0.1) is 5.69 Å². The molecular formula is C12H10N2. The summed E-state index contributed by atoms with van der Waals surface area (Å²) in [5, 5.41) is 0. The summed E-state index contributed by atoms with van der Waals surface area (Å²) in [4.78, 5) is 8.71. The van der Waals surface area contributed by atoms with Gasteiger partial charge >= 0.3 is 0 Å². The Morgan fingerprint density at radius 1 is 1.14 bits per heavy atom. The molecule has 0 bridgehead atoms. The van der Waals surface area contributed by atoms with Crippen molar-refractivity contribution >= 4 is 0 Å². The molecule has 1 aliphatic carbocycles. The molecule has 14 heavy (non-hydrogen) atoms.